The lowest BCUT2D eigenvalue weighted by Crippen LogP contribution is -1.95. The van der Waals surface area contributed by atoms with Gasteiger partial charge >= 0.3 is 0 Å². The molecule has 0 fully saturated rings. The molecule has 0 spiro atoms. The number of aryl methyl sites for hydroxylation is 3. The summed E-state index contributed by atoms with van der Waals surface area (Å²) in [4.78, 5) is 0. The van der Waals surface area contributed by atoms with Gasteiger partial charge in [0.1, 0.15) is 0 Å². The molecule has 0 radical (unpaired) electrons. The van der Waals surface area contributed by atoms with Crippen molar-refractivity contribution in [3.8, 4) is 0 Å². The van der Waals surface area contributed by atoms with E-state index in [1.165, 1.54) is 50.5 Å². The van der Waals surface area contributed by atoms with Gasteiger partial charge in [0, 0.05) is 0 Å². The standard InChI is InChI=1S/C17H26/c1-4-5-6-7-8-15-11-14(3)17-13(2)9-10-16(17)12-15/h11-13H,4-10H2,1-3H3. The van der Waals surface area contributed by atoms with E-state index in [9.17, 15) is 0 Å². The zero-order valence-electron chi connectivity index (χ0n) is 11.7. The minimum Gasteiger partial charge on any atom is -0.0654 e. The van der Waals surface area contributed by atoms with Gasteiger partial charge in [0.25, 0.3) is 0 Å². The topological polar surface area (TPSA) is 0 Å². The number of unbranched alkanes of at least 4 members (excludes halogenated alkanes) is 3. The van der Waals surface area contributed by atoms with Gasteiger partial charge in [-0.3, -0.25) is 0 Å². The lowest BCUT2D eigenvalue weighted by atomic mass is 9.94. The summed E-state index contributed by atoms with van der Waals surface area (Å²) in [6, 6.07) is 4.92. The Labute approximate surface area is 106 Å². The molecule has 1 aliphatic carbocycles. The lowest BCUT2D eigenvalue weighted by molar-refractivity contribution is 0.666. The van der Waals surface area contributed by atoms with Crippen molar-refractivity contribution < 1.29 is 0 Å². The summed E-state index contributed by atoms with van der Waals surface area (Å²) in [5, 5.41) is 0. The molecule has 0 heteroatoms. The Hall–Kier alpha value is -0.780. The first-order valence-corrected chi connectivity index (χ1v) is 7.34. The van der Waals surface area contributed by atoms with E-state index in [2.05, 4.69) is 32.9 Å². The van der Waals surface area contributed by atoms with E-state index in [4.69, 9.17) is 0 Å². The summed E-state index contributed by atoms with van der Waals surface area (Å²) >= 11 is 0. The molecule has 0 saturated heterocycles. The Morgan fingerprint density at radius 1 is 1.18 bits per heavy atom. The molecular weight excluding hydrogens is 204 g/mol. The van der Waals surface area contributed by atoms with Gasteiger partial charge in [0.2, 0.25) is 0 Å². The van der Waals surface area contributed by atoms with Crippen molar-refractivity contribution in [2.45, 2.75) is 71.6 Å². The van der Waals surface area contributed by atoms with E-state index in [-0.39, 0.29) is 0 Å². The Kier molecular flexibility index (Phi) is 4.25. The molecule has 1 atom stereocenters. The highest BCUT2D eigenvalue weighted by Gasteiger charge is 2.20. The van der Waals surface area contributed by atoms with Gasteiger partial charge in [-0.25, -0.2) is 0 Å². The molecule has 1 aromatic rings. The zero-order chi connectivity index (χ0) is 12.3. The van der Waals surface area contributed by atoms with Crippen molar-refractivity contribution in [3.05, 3.63) is 34.4 Å². The van der Waals surface area contributed by atoms with Crippen LogP contribution in [0.1, 0.15) is 74.1 Å². The average Bonchev–Trinajstić information content (AvgIpc) is 2.67. The van der Waals surface area contributed by atoms with Gasteiger partial charge in [-0.1, -0.05) is 45.2 Å². The number of rotatable bonds is 5. The third-order valence-corrected chi connectivity index (χ3v) is 4.19. The Bertz CT molecular complexity index is 376. The fraction of sp³-hybridized carbons (Fsp3) is 0.647. The largest absolute Gasteiger partial charge is 0.0654 e. The van der Waals surface area contributed by atoms with Crippen LogP contribution < -0.4 is 0 Å². The van der Waals surface area contributed by atoms with Crippen LogP contribution >= 0.6 is 0 Å². The summed E-state index contributed by atoms with van der Waals surface area (Å²) < 4.78 is 0. The van der Waals surface area contributed by atoms with Gasteiger partial charge in [-0.05, 0) is 60.8 Å². The number of hydrogen-bond donors (Lipinski definition) is 0. The predicted octanol–water partition coefficient (Wildman–Crippen LogP) is 5.17. The first-order chi connectivity index (χ1) is 8.22. The van der Waals surface area contributed by atoms with Crippen LogP contribution in [0.4, 0.5) is 0 Å². The SMILES string of the molecule is CCCCCCc1cc(C)c2c(c1)CCC2C. The number of benzene rings is 1. The van der Waals surface area contributed by atoms with Crippen LogP contribution in [0.5, 0.6) is 0 Å². The Morgan fingerprint density at radius 2 is 2.00 bits per heavy atom. The molecule has 94 valence electrons. The van der Waals surface area contributed by atoms with Gasteiger partial charge < -0.3 is 0 Å². The van der Waals surface area contributed by atoms with Crippen molar-refractivity contribution in [2.24, 2.45) is 0 Å². The lowest BCUT2D eigenvalue weighted by Gasteiger charge is -2.11. The van der Waals surface area contributed by atoms with E-state index < -0.39 is 0 Å². The van der Waals surface area contributed by atoms with Crippen molar-refractivity contribution in [1.82, 2.24) is 0 Å². The third-order valence-electron chi connectivity index (χ3n) is 4.19. The molecule has 0 bridgehead atoms. The van der Waals surface area contributed by atoms with Crippen LogP contribution in [0.3, 0.4) is 0 Å². The van der Waals surface area contributed by atoms with Crippen molar-refractivity contribution >= 4 is 0 Å². The minimum atomic E-state index is 0.791. The minimum absolute atomic E-state index is 0.791. The van der Waals surface area contributed by atoms with E-state index >= 15 is 0 Å². The fourth-order valence-electron chi connectivity index (χ4n) is 3.28. The molecular formula is C17H26. The maximum atomic E-state index is 2.48. The molecule has 0 saturated carbocycles. The second-order valence-corrected chi connectivity index (χ2v) is 5.74. The molecule has 0 amide bonds. The first kappa shape index (κ1) is 12.7. The number of fused-ring (bicyclic) bond motifs is 1. The molecule has 0 heterocycles. The van der Waals surface area contributed by atoms with Crippen LogP contribution in [0.15, 0.2) is 12.1 Å². The summed E-state index contributed by atoms with van der Waals surface area (Å²) in [6.07, 6.45) is 9.42. The van der Waals surface area contributed by atoms with Crippen molar-refractivity contribution in [3.63, 3.8) is 0 Å². The monoisotopic (exact) mass is 230 g/mol. The highest BCUT2D eigenvalue weighted by atomic mass is 14.3. The van der Waals surface area contributed by atoms with Crippen LogP contribution in [0, 0.1) is 6.92 Å². The fourth-order valence-corrected chi connectivity index (χ4v) is 3.28. The highest BCUT2D eigenvalue weighted by Crippen LogP contribution is 2.35. The van der Waals surface area contributed by atoms with E-state index in [1.807, 2.05) is 0 Å². The smallest absolute Gasteiger partial charge is 0.0182 e. The molecule has 2 rings (SSSR count). The van der Waals surface area contributed by atoms with Crippen molar-refractivity contribution in [1.29, 1.82) is 0 Å². The molecule has 1 aromatic carbocycles. The molecule has 0 N–H and O–H groups in total. The molecule has 0 aromatic heterocycles. The second kappa shape index (κ2) is 5.71. The van der Waals surface area contributed by atoms with Crippen molar-refractivity contribution in [2.75, 3.05) is 0 Å². The molecule has 0 nitrogen and oxygen atoms in total. The number of hydrogen-bond acceptors (Lipinski definition) is 0. The first-order valence-electron chi connectivity index (χ1n) is 7.34. The molecule has 1 aliphatic rings. The molecule has 0 aliphatic heterocycles. The van der Waals surface area contributed by atoms with E-state index in [0.29, 0.717) is 0 Å². The molecule has 17 heavy (non-hydrogen) atoms. The van der Waals surface area contributed by atoms with Gasteiger partial charge in [0.05, 0.1) is 0 Å². The zero-order valence-corrected chi connectivity index (χ0v) is 11.7. The third kappa shape index (κ3) is 2.91. The maximum Gasteiger partial charge on any atom is -0.0182 e. The van der Waals surface area contributed by atoms with Gasteiger partial charge in [0.15, 0.2) is 0 Å². The summed E-state index contributed by atoms with van der Waals surface area (Å²) in [5.41, 5.74) is 6.41. The summed E-state index contributed by atoms with van der Waals surface area (Å²) in [7, 11) is 0. The van der Waals surface area contributed by atoms with Crippen LogP contribution in [-0.2, 0) is 12.8 Å². The van der Waals surface area contributed by atoms with Crippen LogP contribution in [0.2, 0.25) is 0 Å². The summed E-state index contributed by atoms with van der Waals surface area (Å²) in [5.74, 6) is 0.791. The van der Waals surface area contributed by atoms with E-state index in [0.717, 1.165) is 5.92 Å². The quantitative estimate of drug-likeness (QED) is 0.612. The maximum absolute atomic E-state index is 2.48. The Balaban J connectivity index is 2.03. The normalized spacial score (nSPS) is 18.4. The Morgan fingerprint density at radius 3 is 2.76 bits per heavy atom. The van der Waals surface area contributed by atoms with Gasteiger partial charge in [-0.15, -0.1) is 0 Å². The summed E-state index contributed by atoms with van der Waals surface area (Å²) in [6.45, 7) is 6.96. The predicted molar refractivity (Wildman–Crippen MR) is 75.8 cm³/mol. The van der Waals surface area contributed by atoms with E-state index in [1.54, 1.807) is 16.7 Å². The van der Waals surface area contributed by atoms with Crippen LogP contribution in [0.25, 0.3) is 0 Å². The second-order valence-electron chi connectivity index (χ2n) is 5.74. The van der Waals surface area contributed by atoms with Gasteiger partial charge in [-0.2, -0.15) is 0 Å². The van der Waals surface area contributed by atoms with Crippen LogP contribution in [-0.4, -0.2) is 0 Å². The highest BCUT2D eigenvalue weighted by molar-refractivity contribution is 5.43. The molecule has 1 unspecified atom stereocenters. The average molecular weight is 230 g/mol.